The molecule has 2 heteroatoms. The van der Waals surface area contributed by atoms with Crippen molar-refractivity contribution in [1.82, 2.24) is 9.55 Å². The lowest BCUT2D eigenvalue weighted by atomic mass is 9.81. The molecule has 2 nitrogen and oxygen atoms in total. The number of nitrogens with zero attached hydrogens (tertiary/aromatic N) is 2. The van der Waals surface area contributed by atoms with Crippen molar-refractivity contribution in [3.63, 3.8) is 0 Å². The Labute approximate surface area is 309 Å². The maximum Gasteiger partial charge on any atom is 0.145 e. The van der Waals surface area contributed by atoms with Gasteiger partial charge in [-0.2, -0.15) is 0 Å². The molecule has 0 N–H and O–H groups in total. The first-order valence-electron chi connectivity index (χ1n) is 19.4. The Morgan fingerprint density at radius 1 is 0.604 bits per heavy atom. The van der Waals surface area contributed by atoms with Crippen molar-refractivity contribution in [2.24, 2.45) is 5.92 Å². The van der Waals surface area contributed by atoms with Crippen molar-refractivity contribution in [1.29, 1.82) is 0 Å². The number of hydrogen-bond donors (Lipinski definition) is 0. The number of imidazole rings is 1. The van der Waals surface area contributed by atoms with Gasteiger partial charge < -0.3 is 0 Å². The summed E-state index contributed by atoms with van der Waals surface area (Å²) < 4.78 is 2.35. The minimum atomic E-state index is 0.639. The highest BCUT2D eigenvalue weighted by molar-refractivity contribution is 6.10. The second kappa shape index (κ2) is 12.3. The van der Waals surface area contributed by atoms with E-state index in [9.17, 15) is 0 Å². The van der Waals surface area contributed by atoms with Crippen LogP contribution in [-0.4, -0.2) is 9.55 Å². The van der Waals surface area contributed by atoms with Crippen molar-refractivity contribution in [3.8, 4) is 39.3 Å². The maximum atomic E-state index is 5.18. The van der Waals surface area contributed by atoms with Gasteiger partial charge in [0, 0.05) is 11.3 Å². The van der Waals surface area contributed by atoms with Crippen LogP contribution >= 0.6 is 0 Å². The van der Waals surface area contributed by atoms with E-state index in [1.54, 1.807) is 0 Å². The fraction of sp³-hybridized carbons (Fsp3) is 0.157. The second-order valence-electron chi connectivity index (χ2n) is 15.1. The Morgan fingerprint density at radius 3 is 2.23 bits per heavy atom. The first kappa shape index (κ1) is 30.6. The molecule has 6 aromatic carbocycles. The lowest BCUT2D eigenvalue weighted by Gasteiger charge is -2.24. The molecule has 0 fully saturated rings. The van der Waals surface area contributed by atoms with Crippen molar-refractivity contribution >= 4 is 51.4 Å². The van der Waals surface area contributed by atoms with Gasteiger partial charge in [-0.1, -0.05) is 121 Å². The van der Waals surface area contributed by atoms with Crippen LogP contribution in [0.5, 0.6) is 0 Å². The summed E-state index contributed by atoms with van der Waals surface area (Å²) in [5.74, 6) is 1.65. The lowest BCUT2D eigenvalue weighted by molar-refractivity contribution is 0.619. The number of benzene rings is 6. The molecule has 7 aromatic rings. The smallest absolute Gasteiger partial charge is 0.145 e. The summed E-state index contributed by atoms with van der Waals surface area (Å²) >= 11 is 0. The average Bonchev–Trinajstić information content (AvgIpc) is 3.62. The van der Waals surface area contributed by atoms with Gasteiger partial charge in [-0.05, 0) is 151 Å². The van der Waals surface area contributed by atoms with Crippen LogP contribution in [0.3, 0.4) is 0 Å². The fourth-order valence-corrected chi connectivity index (χ4v) is 9.63. The Kier molecular flexibility index (Phi) is 7.11. The highest BCUT2D eigenvalue weighted by Gasteiger charge is 2.22. The van der Waals surface area contributed by atoms with E-state index in [0.29, 0.717) is 5.92 Å². The van der Waals surface area contributed by atoms with E-state index in [-0.39, 0.29) is 0 Å². The van der Waals surface area contributed by atoms with Gasteiger partial charge in [0.25, 0.3) is 0 Å². The van der Waals surface area contributed by atoms with E-state index in [1.165, 1.54) is 94.5 Å². The number of allylic oxidation sites excluding steroid dienone is 3. The number of aryl methyl sites for hydroxylation is 1. The second-order valence-corrected chi connectivity index (χ2v) is 15.1. The van der Waals surface area contributed by atoms with Gasteiger partial charge in [0.05, 0.1) is 11.4 Å². The van der Waals surface area contributed by atoms with Crippen molar-refractivity contribution in [3.05, 3.63) is 160 Å². The minimum absolute atomic E-state index is 0.639. The van der Waals surface area contributed by atoms with Crippen molar-refractivity contribution in [2.45, 2.75) is 44.9 Å². The average molecular weight is 681 g/mol. The summed E-state index contributed by atoms with van der Waals surface area (Å²) in [7, 11) is 0. The third kappa shape index (κ3) is 4.89. The predicted octanol–water partition coefficient (Wildman–Crippen LogP) is 9.79. The Hall–Kier alpha value is -5.99. The molecule has 53 heavy (non-hydrogen) atoms. The monoisotopic (exact) mass is 680 g/mol. The minimum Gasteiger partial charge on any atom is -0.293 e. The molecular formula is C51H40N2. The highest BCUT2D eigenvalue weighted by Crippen LogP contribution is 2.37. The van der Waals surface area contributed by atoms with Crippen LogP contribution in [0, 0.1) is 5.92 Å². The molecule has 1 unspecified atom stereocenters. The van der Waals surface area contributed by atoms with Crippen LogP contribution in [0.4, 0.5) is 0 Å². The SMILES string of the molecule is C1=Cc2c(nc(-c3ccccc3)n2-c2ccc(-c3c4c(c(-c5cccc6cc7c(cc56)=C5C=CCCC5CC=7)c5ccccc35)=CCCC=4)cc2)CC1. The van der Waals surface area contributed by atoms with Gasteiger partial charge in [-0.3, -0.25) is 4.57 Å². The molecule has 0 amide bonds. The molecule has 1 atom stereocenters. The molecule has 1 heterocycles. The number of aromatic nitrogens is 2. The van der Waals surface area contributed by atoms with E-state index in [2.05, 4.69) is 156 Å². The zero-order valence-electron chi connectivity index (χ0n) is 29.9. The van der Waals surface area contributed by atoms with E-state index < -0.39 is 0 Å². The Bertz CT molecular complexity index is 2960. The molecule has 0 bridgehead atoms. The van der Waals surface area contributed by atoms with E-state index >= 15 is 0 Å². The van der Waals surface area contributed by atoms with Crippen molar-refractivity contribution in [2.75, 3.05) is 0 Å². The van der Waals surface area contributed by atoms with Gasteiger partial charge in [-0.25, -0.2) is 4.98 Å². The third-order valence-corrected chi connectivity index (χ3v) is 12.1. The summed E-state index contributed by atoms with van der Waals surface area (Å²) in [5, 5.41) is 10.8. The van der Waals surface area contributed by atoms with Gasteiger partial charge >= 0.3 is 0 Å². The van der Waals surface area contributed by atoms with E-state index in [4.69, 9.17) is 4.98 Å². The zero-order chi connectivity index (χ0) is 34.9. The lowest BCUT2D eigenvalue weighted by Crippen LogP contribution is -2.33. The van der Waals surface area contributed by atoms with Crippen LogP contribution in [0.15, 0.2) is 127 Å². The fourth-order valence-electron chi connectivity index (χ4n) is 9.63. The molecule has 4 aliphatic carbocycles. The summed E-state index contributed by atoms with van der Waals surface area (Å²) in [5.41, 5.74) is 11.5. The molecule has 0 saturated carbocycles. The predicted molar refractivity (Wildman–Crippen MR) is 223 cm³/mol. The Balaban J connectivity index is 1.12. The van der Waals surface area contributed by atoms with Crippen LogP contribution in [-0.2, 0) is 6.42 Å². The molecule has 1 aromatic heterocycles. The summed E-state index contributed by atoms with van der Waals surface area (Å²) in [6.45, 7) is 0. The standard InChI is InChI=1S/C51H40N2/c1-2-14-35(15-3-1)51-52-47-23-10-11-24-48(47)53(51)38-29-27-34(28-30-38)49-40-18-6-8-20-42(40)50(43-21-9-7-19-41(43)49)44-22-12-16-36-31-37-26-25-33-13-4-5-17-39(33)45(37)32-46(36)44/h1-3,5-6,8,11-12,14-22,24,26-33H,4,7,9-10,13,23,25H2. The van der Waals surface area contributed by atoms with E-state index in [1.807, 2.05) is 0 Å². The number of rotatable bonds is 4. The highest BCUT2D eigenvalue weighted by atomic mass is 15.1. The molecular weight excluding hydrogens is 641 g/mol. The number of hydrogen-bond acceptors (Lipinski definition) is 1. The molecule has 254 valence electrons. The molecule has 0 spiro atoms. The summed E-state index contributed by atoms with van der Waals surface area (Å²) in [6.07, 6.45) is 24.5. The van der Waals surface area contributed by atoms with E-state index in [0.717, 1.165) is 49.2 Å². The van der Waals surface area contributed by atoms with Crippen LogP contribution in [0.1, 0.15) is 49.9 Å². The van der Waals surface area contributed by atoms with Crippen LogP contribution in [0.25, 0.3) is 90.8 Å². The molecule has 11 rings (SSSR count). The first-order valence-corrected chi connectivity index (χ1v) is 19.4. The topological polar surface area (TPSA) is 17.8 Å². The number of fused-ring (bicyclic) bond motifs is 6. The third-order valence-electron chi connectivity index (χ3n) is 12.1. The van der Waals surface area contributed by atoms with Crippen LogP contribution in [0.2, 0.25) is 0 Å². The largest absolute Gasteiger partial charge is 0.293 e. The molecule has 0 aliphatic heterocycles. The van der Waals surface area contributed by atoms with Gasteiger partial charge in [-0.15, -0.1) is 0 Å². The quantitative estimate of drug-likeness (QED) is 0.181. The summed E-state index contributed by atoms with van der Waals surface area (Å²) in [4.78, 5) is 5.18. The maximum absolute atomic E-state index is 5.18. The first-order chi connectivity index (χ1) is 26.3. The Morgan fingerprint density at radius 2 is 1.38 bits per heavy atom. The van der Waals surface area contributed by atoms with Crippen LogP contribution < -0.4 is 20.9 Å². The molecule has 0 saturated heterocycles. The summed E-state index contributed by atoms with van der Waals surface area (Å²) in [6, 6.07) is 40.9. The van der Waals surface area contributed by atoms with Gasteiger partial charge in [0.15, 0.2) is 0 Å². The van der Waals surface area contributed by atoms with Gasteiger partial charge in [0.2, 0.25) is 0 Å². The zero-order valence-corrected chi connectivity index (χ0v) is 29.9. The molecule has 4 aliphatic rings. The van der Waals surface area contributed by atoms with Gasteiger partial charge in [0.1, 0.15) is 5.82 Å². The molecule has 0 radical (unpaired) electrons. The normalized spacial score (nSPS) is 17.0. The van der Waals surface area contributed by atoms with Crippen molar-refractivity contribution < 1.29 is 0 Å².